The van der Waals surface area contributed by atoms with Gasteiger partial charge in [0.25, 0.3) is 6.47 Å². The SMILES string of the molecule is COc1ccc(Br)cc1CSCc1ccccc1C1=NCCCN1.O=CO. The Bertz CT molecular complexity index is 784. The highest BCUT2D eigenvalue weighted by molar-refractivity contribution is 9.10. The lowest BCUT2D eigenvalue weighted by Gasteiger charge is -2.17. The first-order valence-electron chi connectivity index (χ1n) is 8.54. The summed E-state index contributed by atoms with van der Waals surface area (Å²) in [6.45, 7) is 1.68. The van der Waals surface area contributed by atoms with E-state index in [-0.39, 0.29) is 6.47 Å². The molecule has 0 saturated heterocycles. The molecule has 2 aromatic rings. The third kappa shape index (κ3) is 6.59. The first-order chi connectivity index (χ1) is 13.2. The van der Waals surface area contributed by atoms with Crippen molar-refractivity contribution in [3.8, 4) is 5.75 Å². The predicted octanol–water partition coefficient (Wildman–Crippen LogP) is 4.33. The Hall–Kier alpha value is -1.99. The number of hydrogen-bond donors (Lipinski definition) is 2. The van der Waals surface area contributed by atoms with Gasteiger partial charge in [-0.05, 0) is 30.2 Å². The molecule has 0 saturated carbocycles. The lowest BCUT2D eigenvalue weighted by Crippen LogP contribution is -2.30. The summed E-state index contributed by atoms with van der Waals surface area (Å²) in [5, 5.41) is 10.3. The Kier molecular flexibility index (Phi) is 9.21. The molecule has 0 radical (unpaired) electrons. The van der Waals surface area contributed by atoms with Crippen LogP contribution in [-0.4, -0.2) is 37.6 Å². The zero-order chi connectivity index (χ0) is 19.5. The third-order valence-electron chi connectivity index (χ3n) is 3.93. The molecular weight excluding hydrogens is 428 g/mol. The quantitative estimate of drug-likeness (QED) is 0.640. The first-order valence-corrected chi connectivity index (χ1v) is 10.5. The van der Waals surface area contributed by atoms with Gasteiger partial charge in [-0.2, -0.15) is 11.8 Å². The Morgan fingerprint density at radius 2 is 2.00 bits per heavy atom. The van der Waals surface area contributed by atoms with Crippen LogP contribution in [0, 0.1) is 0 Å². The van der Waals surface area contributed by atoms with Crippen LogP contribution in [0.25, 0.3) is 0 Å². The van der Waals surface area contributed by atoms with E-state index in [0.29, 0.717) is 0 Å². The molecule has 1 heterocycles. The van der Waals surface area contributed by atoms with E-state index < -0.39 is 0 Å². The maximum atomic E-state index is 8.36. The molecule has 1 aliphatic heterocycles. The Morgan fingerprint density at radius 3 is 2.70 bits per heavy atom. The first kappa shape index (κ1) is 21.3. The van der Waals surface area contributed by atoms with Gasteiger partial charge < -0.3 is 15.2 Å². The van der Waals surface area contributed by atoms with E-state index in [4.69, 9.17) is 14.6 Å². The number of nitrogens with one attached hydrogen (secondary N) is 1. The number of thioether (sulfide) groups is 1. The molecule has 2 N–H and O–H groups in total. The second-order valence-electron chi connectivity index (χ2n) is 5.72. The Labute approximate surface area is 172 Å². The number of carbonyl (C=O) groups is 1. The van der Waals surface area contributed by atoms with Gasteiger partial charge in [-0.25, -0.2) is 0 Å². The van der Waals surface area contributed by atoms with Crippen LogP contribution < -0.4 is 10.1 Å². The number of amidine groups is 1. The largest absolute Gasteiger partial charge is 0.496 e. The minimum absolute atomic E-state index is 0.250. The molecule has 0 amide bonds. The smallest absolute Gasteiger partial charge is 0.290 e. The molecule has 0 unspecified atom stereocenters. The van der Waals surface area contributed by atoms with Gasteiger partial charge in [0, 0.05) is 40.2 Å². The summed E-state index contributed by atoms with van der Waals surface area (Å²) < 4.78 is 6.54. The molecule has 0 aromatic heterocycles. The molecule has 0 atom stereocenters. The topological polar surface area (TPSA) is 70.9 Å². The molecular formula is C20H23BrN2O3S. The Morgan fingerprint density at radius 1 is 1.26 bits per heavy atom. The van der Waals surface area contributed by atoms with Crippen LogP contribution in [0.2, 0.25) is 0 Å². The van der Waals surface area contributed by atoms with Crippen LogP contribution in [0.15, 0.2) is 51.9 Å². The van der Waals surface area contributed by atoms with Crippen LogP contribution in [0.3, 0.4) is 0 Å². The summed E-state index contributed by atoms with van der Waals surface area (Å²) in [5.74, 6) is 3.85. The second-order valence-corrected chi connectivity index (χ2v) is 7.62. The van der Waals surface area contributed by atoms with Gasteiger partial charge >= 0.3 is 0 Å². The van der Waals surface area contributed by atoms with Crippen molar-refractivity contribution in [2.24, 2.45) is 4.99 Å². The fourth-order valence-electron chi connectivity index (χ4n) is 2.72. The zero-order valence-corrected chi connectivity index (χ0v) is 17.6. The van der Waals surface area contributed by atoms with E-state index in [2.05, 4.69) is 56.6 Å². The van der Waals surface area contributed by atoms with E-state index in [1.54, 1.807) is 7.11 Å². The highest BCUT2D eigenvalue weighted by atomic mass is 79.9. The van der Waals surface area contributed by atoms with E-state index in [0.717, 1.165) is 47.1 Å². The van der Waals surface area contributed by atoms with Gasteiger partial charge in [-0.1, -0.05) is 40.2 Å². The minimum atomic E-state index is -0.250. The molecule has 27 heavy (non-hydrogen) atoms. The van der Waals surface area contributed by atoms with E-state index >= 15 is 0 Å². The van der Waals surface area contributed by atoms with Gasteiger partial charge in [0.2, 0.25) is 0 Å². The molecule has 2 aromatic carbocycles. The second kappa shape index (κ2) is 11.7. The monoisotopic (exact) mass is 450 g/mol. The number of aliphatic imine (C=N–C) groups is 1. The number of ether oxygens (including phenoxy) is 1. The third-order valence-corrected chi connectivity index (χ3v) is 5.45. The number of halogens is 1. The molecule has 5 nitrogen and oxygen atoms in total. The minimum Gasteiger partial charge on any atom is -0.496 e. The van der Waals surface area contributed by atoms with Crippen molar-refractivity contribution in [1.29, 1.82) is 0 Å². The number of nitrogens with zero attached hydrogens (tertiary/aromatic N) is 1. The summed E-state index contributed by atoms with van der Waals surface area (Å²) in [5.41, 5.74) is 3.76. The molecule has 0 fully saturated rings. The maximum Gasteiger partial charge on any atom is 0.290 e. The lowest BCUT2D eigenvalue weighted by atomic mass is 10.1. The van der Waals surface area contributed by atoms with Crippen molar-refractivity contribution in [3.63, 3.8) is 0 Å². The summed E-state index contributed by atoms with van der Waals surface area (Å²) >= 11 is 5.43. The molecule has 0 spiro atoms. The molecule has 0 aliphatic carbocycles. The van der Waals surface area contributed by atoms with E-state index in [9.17, 15) is 0 Å². The van der Waals surface area contributed by atoms with Crippen LogP contribution in [0.4, 0.5) is 0 Å². The predicted molar refractivity (Wildman–Crippen MR) is 115 cm³/mol. The van der Waals surface area contributed by atoms with Crippen molar-refractivity contribution in [1.82, 2.24) is 5.32 Å². The fraction of sp³-hybridized carbons (Fsp3) is 0.300. The molecule has 1 aliphatic rings. The summed E-state index contributed by atoms with van der Waals surface area (Å²) in [6, 6.07) is 14.7. The summed E-state index contributed by atoms with van der Waals surface area (Å²) in [7, 11) is 1.72. The maximum absolute atomic E-state index is 8.36. The van der Waals surface area contributed by atoms with E-state index in [1.807, 2.05) is 23.9 Å². The molecule has 3 rings (SSSR count). The number of rotatable bonds is 6. The lowest BCUT2D eigenvalue weighted by molar-refractivity contribution is -0.122. The van der Waals surface area contributed by atoms with Gasteiger partial charge in [0.15, 0.2) is 0 Å². The fourth-order valence-corrected chi connectivity index (χ4v) is 4.15. The van der Waals surface area contributed by atoms with Crippen molar-refractivity contribution in [2.45, 2.75) is 17.9 Å². The van der Waals surface area contributed by atoms with Crippen molar-refractivity contribution in [3.05, 3.63) is 63.6 Å². The molecule has 7 heteroatoms. The zero-order valence-electron chi connectivity index (χ0n) is 15.2. The molecule has 144 valence electrons. The van der Waals surface area contributed by atoms with Gasteiger partial charge in [-0.15, -0.1) is 0 Å². The van der Waals surface area contributed by atoms with Gasteiger partial charge in [0.05, 0.1) is 7.11 Å². The normalized spacial score (nSPS) is 12.9. The standard InChI is InChI=1S/C19H21BrN2OS.CH2O2/c1-23-18-8-7-16(20)11-15(18)13-24-12-14-5-2-3-6-17(14)19-21-9-4-10-22-19;2-1-3/h2-3,5-8,11H,4,9-10,12-13H2,1H3,(H,21,22);1H,(H,2,3). The van der Waals surface area contributed by atoms with Crippen LogP contribution in [0.5, 0.6) is 5.75 Å². The highest BCUT2D eigenvalue weighted by Gasteiger charge is 2.12. The van der Waals surface area contributed by atoms with Crippen molar-refractivity contribution >= 4 is 40.0 Å². The summed E-state index contributed by atoms with van der Waals surface area (Å²) in [4.78, 5) is 13.0. The van der Waals surface area contributed by atoms with Crippen LogP contribution in [0.1, 0.15) is 23.1 Å². The van der Waals surface area contributed by atoms with Crippen LogP contribution in [-0.2, 0) is 16.3 Å². The van der Waals surface area contributed by atoms with E-state index in [1.165, 1.54) is 16.7 Å². The average Bonchev–Trinajstić information content (AvgIpc) is 2.70. The molecule has 0 bridgehead atoms. The highest BCUT2D eigenvalue weighted by Crippen LogP contribution is 2.28. The van der Waals surface area contributed by atoms with Gasteiger partial charge in [-0.3, -0.25) is 9.79 Å². The average molecular weight is 451 g/mol. The van der Waals surface area contributed by atoms with Crippen molar-refractivity contribution < 1.29 is 14.6 Å². The summed E-state index contributed by atoms with van der Waals surface area (Å²) in [6.07, 6.45) is 1.11. The van der Waals surface area contributed by atoms with Crippen molar-refractivity contribution in [2.75, 3.05) is 20.2 Å². The number of benzene rings is 2. The Balaban J connectivity index is 0.000000817. The number of carboxylic acid groups (broad SMARTS) is 1. The number of methoxy groups -OCH3 is 1. The van der Waals surface area contributed by atoms with Crippen LogP contribution >= 0.6 is 27.7 Å². The number of hydrogen-bond acceptors (Lipinski definition) is 5. The van der Waals surface area contributed by atoms with Gasteiger partial charge in [0.1, 0.15) is 11.6 Å².